The number of thioether (sulfide) groups is 1. The highest BCUT2D eigenvalue weighted by atomic mass is 32.2. The van der Waals surface area contributed by atoms with Gasteiger partial charge >= 0.3 is 0 Å². The molecule has 0 saturated carbocycles. The van der Waals surface area contributed by atoms with Gasteiger partial charge in [0.15, 0.2) is 17.3 Å². The van der Waals surface area contributed by atoms with Crippen LogP contribution in [0.2, 0.25) is 0 Å². The number of rotatable bonds is 5. The standard InChI is InChI=1S/C19H15NO5S/c21-14(7-5-11-6-8-15(22)16(23)9-11)13-4-2-1-3-12(13)10-17-18(24)20-19(25)26-17/h1-9,17,22-23H,10H2,(H,20,24,25)/b7-5+. The lowest BCUT2D eigenvalue weighted by atomic mass is 9.98. The average Bonchev–Trinajstić information content (AvgIpc) is 2.93. The van der Waals surface area contributed by atoms with Crippen LogP contribution in [0.1, 0.15) is 21.5 Å². The number of benzene rings is 2. The minimum Gasteiger partial charge on any atom is -0.504 e. The molecular formula is C19H15NO5S. The van der Waals surface area contributed by atoms with Gasteiger partial charge in [0.1, 0.15) is 0 Å². The summed E-state index contributed by atoms with van der Waals surface area (Å²) in [6, 6.07) is 11.2. The number of ketones is 1. The first kappa shape index (κ1) is 17.8. The third kappa shape index (κ3) is 3.94. The minimum absolute atomic E-state index is 0.235. The summed E-state index contributed by atoms with van der Waals surface area (Å²) in [5, 5.41) is 20.1. The zero-order valence-corrected chi connectivity index (χ0v) is 14.3. The van der Waals surface area contributed by atoms with Gasteiger partial charge in [-0.05, 0) is 35.8 Å². The van der Waals surface area contributed by atoms with E-state index < -0.39 is 5.25 Å². The van der Waals surface area contributed by atoms with Crippen molar-refractivity contribution in [2.75, 3.05) is 0 Å². The van der Waals surface area contributed by atoms with Gasteiger partial charge in [0.2, 0.25) is 5.91 Å². The SMILES string of the molecule is O=C1NC(=O)C(Cc2ccccc2C(=O)/C=C/c2ccc(O)c(O)c2)S1. The summed E-state index contributed by atoms with van der Waals surface area (Å²) in [6.45, 7) is 0. The average molecular weight is 369 g/mol. The van der Waals surface area contributed by atoms with Crippen LogP contribution >= 0.6 is 11.8 Å². The zero-order valence-electron chi connectivity index (χ0n) is 13.5. The van der Waals surface area contributed by atoms with E-state index >= 15 is 0 Å². The maximum absolute atomic E-state index is 12.5. The predicted molar refractivity (Wildman–Crippen MR) is 98.2 cm³/mol. The van der Waals surface area contributed by atoms with Gasteiger partial charge in [-0.2, -0.15) is 0 Å². The first-order valence-electron chi connectivity index (χ1n) is 7.78. The number of hydrogen-bond acceptors (Lipinski definition) is 6. The van der Waals surface area contributed by atoms with Gasteiger partial charge in [0.05, 0.1) is 5.25 Å². The van der Waals surface area contributed by atoms with E-state index in [0.717, 1.165) is 11.8 Å². The molecule has 1 fully saturated rings. The lowest BCUT2D eigenvalue weighted by Crippen LogP contribution is -2.25. The number of imide groups is 1. The van der Waals surface area contributed by atoms with E-state index in [1.807, 2.05) is 0 Å². The number of aromatic hydroxyl groups is 2. The molecule has 26 heavy (non-hydrogen) atoms. The second-order valence-corrected chi connectivity index (χ2v) is 6.87. The molecule has 3 rings (SSSR count). The molecule has 0 bridgehead atoms. The Balaban J connectivity index is 1.79. The summed E-state index contributed by atoms with van der Waals surface area (Å²) >= 11 is 0.922. The summed E-state index contributed by atoms with van der Waals surface area (Å²) in [5.41, 5.74) is 1.68. The van der Waals surface area contributed by atoms with E-state index in [2.05, 4.69) is 5.32 Å². The van der Waals surface area contributed by atoms with Crippen molar-refractivity contribution in [1.29, 1.82) is 0 Å². The molecule has 0 aromatic heterocycles. The molecule has 2 aromatic carbocycles. The van der Waals surface area contributed by atoms with E-state index in [1.54, 1.807) is 30.3 Å². The van der Waals surface area contributed by atoms with Crippen molar-refractivity contribution in [1.82, 2.24) is 5.32 Å². The zero-order chi connectivity index (χ0) is 18.7. The number of carbonyl (C=O) groups is 3. The van der Waals surface area contributed by atoms with Gasteiger partial charge in [-0.3, -0.25) is 19.7 Å². The molecule has 0 aliphatic carbocycles. The Kier molecular flexibility index (Phi) is 5.09. The Labute approximate surface area is 153 Å². The van der Waals surface area contributed by atoms with E-state index in [0.29, 0.717) is 16.7 Å². The Bertz CT molecular complexity index is 922. The van der Waals surface area contributed by atoms with Crippen molar-refractivity contribution in [3.05, 3.63) is 65.2 Å². The maximum atomic E-state index is 12.5. The molecule has 2 aromatic rings. The van der Waals surface area contributed by atoms with Crippen LogP contribution in [-0.2, 0) is 11.2 Å². The van der Waals surface area contributed by atoms with E-state index in [9.17, 15) is 24.6 Å². The summed E-state index contributed by atoms with van der Waals surface area (Å²) < 4.78 is 0. The summed E-state index contributed by atoms with van der Waals surface area (Å²) in [6.07, 6.45) is 3.16. The summed E-state index contributed by atoms with van der Waals surface area (Å²) in [5.74, 6) is -1.12. The fourth-order valence-electron chi connectivity index (χ4n) is 2.57. The van der Waals surface area contributed by atoms with Crippen LogP contribution in [0.25, 0.3) is 6.08 Å². The van der Waals surface area contributed by atoms with Gasteiger partial charge in [0, 0.05) is 5.56 Å². The summed E-state index contributed by atoms with van der Waals surface area (Å²) in [7, 11) is 0. The van der Waals surface area contributed by atoms with Crippen molar-refractivity contribution in [2.24, 2.45) is 0 Å². The van der Waals surface area contributed by atoms with E-state index in [4.69, 9.17) is 0 Å². The molecular weight excluding hydrogens is 354 g/mol. The van der Waals surface area contributed by atoms with Crippen LogP contribution in [0, 0.1) is 0 Å². The topological polar surface area (TPSA) is 104 Å². The molecule has 6 nitrogen and oxygen atoms in total. The lowest BCUT2D eigenvalue weighted by Gasteiger charge is -2.09. The van der Waals surface area contributed by atoms with Crippen LogP contribution < -0.4 is 5.32 Å². The minimum atomic E-state index is -0.547. The maximum Gasteiger partial charge on any atom is 0.286 e. The molecule has 3 N–H and O–H groups in total. The molecule has 7 heteroatoms. The highest BCUT2D eigenvalue weighted by Gasteiger charge is 2.32. The fourth-order valence-corrected chi connectivity index (χ4v) is 3.42. The third-order valence-corrected chi connectivity index (χ3v) is 4.86. The summed E-state index contributed by atoms with van der Waals surface area (Å²) in [4.78, 5) is 35.6. The van der Waals surface area contributed by atoms with Crippen molar-refractivity contribution < 1.29 is 24.6 Å². The monoisotopic (exact) mass is 369 g/mol. The van der Waals surface area contributed by atoms with Crippen molar-refractivity contribution in [3.63, 3.8) is 0 Å². The lowest BCUT2D eigenvalue weighted by molar-refractivity contribution is -0.118. The predicted octanol–water partition coefficient (Wildman–Crippen LogP) is 2.89. The van der Waals surface area contributed by atoms with Gasteiger partial charge < -0.3 is 10.2 Å². The number of hydrogen-bond donors (Lipinski definition) is 3. The van der Waals surface area contributed by atoms with Crippen molar-refractivity contribution >= 4 is 34.8 Å². The van der Waals surface area contributed by atoms with E-state index in [1.165, 1.54) is 24.3 Å². The Hall–Kier alpha value is -3.06. The number of amides is 2. The number of allylic oxidation sites excluding steroid dienone is 1. The number of phenolic OH excluding ortho intramolecular Hbond substituents is 2. The van der Waals surface area contributed by atoms with Crippen LogP contribution in [0.5, 0.6) is 11.5 Å². The molecule has 0 radical (unpaired) electrons. The number of carbonyl (C=O) groups excluding carboxylic acids is 3. The molecule has 1 atom stereocenters. The normalized spacial score (nSPS) is 16.8. The highest BCUT2D eigenvalue weighted by Crippen LogP contribution is 2.26. The van der Waals surface area contributed by atoms with Crippen molar-refractivity contribution in [3.8, 4) is 11.5 Å². The molecule has 2 amide bonds. The fraction of sp³-hybridized carbons (Fsp3) is 0.105. The molecule has 1 saturated heterocycles. The molecule has 1 unspecified atom stereocenters. The number of nitrogens with one attached hydrogen (secondary N) is 1. The largest absolute Gasteiger partial charge is 0.504 e. The van der Waals surface area contributed by atoms with Crippen LogP contribution in [0.3, 0.4) is 0 Å². The smallest absolute Gasteiger partial charge is 0.286 e. The van der Waals surface area contributed by atoms with Gasteiger partial charge in [-0.15, -0.1) is 0 Å². The van der Waals surface area contributed by atoms with Crippen molar-refractivity contribution in [2.45, 2.75) is 11.7 Å². The molecule has 0 spiro atoms. The first-order chi connectivity index (χ1) is 12.4. The Morgan fingerprint density at radius 1 is 1.12 bits per heavy atom. The van der Waals surface area contributed by atoms with Gasteiger partial charge in [-0.1, -0.05) is 48.2 Å². The third-order valence-electron chi connectivity index (χ3n) is 3.88. The number of phenols is 2. The second-order valence-electron chi connectivity index (χ2n) is 5.69. The molecule has 132 valence electrons. The Morgan fingerprint density at radius 2 is 1.88 bits per heavy atom. The highest BCUT2D eigenvalue weighted by molar-refractivity contribution is 8.15. The van der Waals surface area contributed by atoms with E-state index in [-0.39, 0.29) is 34.8 Å². The van der Waals surface area contributed by atoms with Crippen LogP contribution in [0.4, 0.5) is 4.79 Å². The molecule has 1 aliphatic rings. The Morgan fingerprint density at radius 3 is 2.58 bits per heavy atom. The molecule has 1 aliphatic heterocycles. The molecule has 1 heterocycles. The van der Waals surface area contributed by atoms with Crippen LogP contribution in [0.15, 0.2) is 48.5 Å². The quantitative estimate of drug-likeness (QED) is 0.425. The van der Waals surface area contributed by atoms with Crippen LogP contribution in [-0.4, -0.2) is 32.4 Å². The van der Waals surface area contributed by atoms with Gasteiger partial charge in [0.25, 0.3) is 5.24 Å². The second kappa shape index (κ2) is 7.45. The first-order valence-corrected chi connectivity index (χ1v) is 8.66. The van der Waals surface area contributed by atoms with Gasteiger partial charge in [-0.25, -0.2) is 0 Å².